The van der Waals surface area contributed by atoms with E-state index >= 15 is 0 Å². The Labute approximate surface area is 245 Å². The van der Waals surface area contributed by atoms with Crippen LogP contribution in [0.5, 0.6) is 5.75 Å². The van der Waals surface area contributed by atoms with E-state index in [4.69, 9.17) is 0 Å². The van der Waals surface area contributed by atoms with Crippen molar-refractivity contribution in [2.24, 2.45) is 4.99 Å². The van der Waals surface area contributed by atoms with Gasteiger partial charge in [-0.2, -0.15) is 4.99 Å². The van der Waals surface area contributed by atoms with Crippen molar-refractivity contribution in [2.45, 2.75) is 50.4 Å². The molecular formula is C31H28F3N5O2S. The highest BCUT2D eigenvalue weighted by molar-refractivity contribution is 8.14. The molecule has 2 amide bonds. The highest BCUT2D eigenvalue weighted by Gasteiger charge is 2.40. The summed E-state index contributed by atoms with van der Waals surface area (Å²) in [5.74, 6) is 1.55. The first-order chi connectivity index (χ1) is 20.3. The van der Waals surface area contributed by atoms with E-state index in [1.54, 1.807) is 11.8 Å². The second-order valence-electron chi connectivity index (χ2n) is 10.3. The Morgan fingerprint density at radius 3 is 2.60 bits per heavy atom. The van der Waals surface area contributed by atoms with Crippen LogP contribution in [0.15, 0.2) is 84.1 Å². The van der Waals surface area contributed by atoms with Crippen molar-refractivity contribution in [3.05, 3.63) is 95.8 Å². The number of urea groups is 1. The molecule has 3 atom stereocenters. The van der Waals surface area contributed by atoms with Gasteiger partial charge >= 0.3 is 12.4 Å². The summed E-state index contributed by atoms with van der Waals surface area (Å²) in [6.07, 6.45) is -0.441. The summed E-state index contributed by atoms with van der Waals surface area (Å²) in [7, 11) is 0. The third-order valence-corrected chi connectivity index (χ3v) is 8.61. The first-order valence-corrected chi connectivity index (χ1v) is 14.7. The van der Waals surface area contributed by atoms with Crippen molar-refractivity contribution in [3.8, 4) is 22.8 Å². The molecule has 2 fully saturated rings. The standard InChI is InChI=1S/C31H28F3N5O2S/c1-2-19-5-3-4-6-24(19)25-15-16-42-29(25)37-30(40)36-27-17-26(27)20-7-9-21(10-8-20)28-35-18-39(38-28)22-11-13-23(14-12-22)41-31(32,33)34/h3-14,18,25-27H,2,15-17H2,1H3,(H,36,40). The molecule has 11 heteroatoms. The first-order valence-electron chi connectivity index (χ1n) is 13.8. The maximum Gasteiger partial charge on any atom is 0.573 e. The number of benzene rings is 3. The number of hydrogen-bond donors (Lipinski definition) is 1. The van der Waals surface area contributed by atoms with Gasteiger partial charge in [0.15, 0.2) is 5.82 Å². The Bertz CT molecular complexity index is 1600. The molecule has 0 radical (unpaired) electrons. The molecule has 2 aliphatic rings. The lowest BCUT2D eigenvalue weighted by molar-refractivity contribution is -0.274. The van der Waals surface area contributed by atoms with Crippen molar-refractivity contribution in [1.29, 1.82) is 0 Å². The second-order valence-corrected chi connectivity index (χ2v) is 11.4. The van der Waals surface area contributed by atoms with Crippen LogP contribution >= 0.6 is 11.8 Å². The second kappa shape index (κ2) is 11.6. The summed E-state index contributed by atoms with van der Waals surface area (Å²) < 4.78 is 42.6. The number of aryl methyl sites for hydroxylation is 1. The normalized spacial score (nSPS) is 21.0. The van der Waals surface area contributed by atoms with Crippen LogP contribution < -0.4 is 10.1 Å². The van der Waals surface area contributed by atoms with Gasteiger partial charge in [0.1, 0.15) is 12.1 Å². The average molecular weight is 592 g/mol. The van der Waals surface area contributed by atoms with Gasteiger partial charge < -0.3 is 10.1 Å². The molecule has 1 aromatic heterocycles. The summed E-state index contributed by atoms with van der Waals surface area (Å²) >= 11 is 1.67. The van der Waals surface area contributed by atoms with Crippen molar-refractivity contribution in [3.63, 3.8) is 0 Å². The van der Waals surface area contributed by atoms with Crippen molar-refractivity contribution < 1.29 is 22.7 Å². The average Bonchev–Trinajstić information content (AvgIpc) is 3.33. The van der Waals surface area contributed by atoms with Gasteiger partial charge in [-0.3, -0.25) is 0 Å². The van der Waals surface area contributed by atoms with Gasteiger partial charge in [-0.25, -0.2) is 14.5 Å². The summed E-state index contributed by atoms with van der Waals surface area (Å²) in [6, 6.07) is 21.4. The van der Waals surface area contributed by atoms with E-state index < -0.39 is 6.36 Å². The zero-order valence-electron chi connectivity index (χ0n) is 22.7. The van der Waals surface area contributed by atoms with Gasteiger partial charge in [0.05, 0.1) is 10.7 Å². The van der Waals surface area contributed by atoms with Crippen molar-refractivity contribution >= 4 is 22.8 Å². The van der Waals surface area contributed by atoms with E-state index in [2.05, 4.69) is 56.3 Å². The first kappa shape index (κ1) is 28.0. The fourth-order valence-electron chi connectivity index (χ4n) is 5.31. The minimum Gasteiger partial charge on any atom is -0.406 e. The molecule has 0 bridgehead atoms. The summed E-state index contributed by atoms with van der Waals surface area (Å²) in [5.41, 5.74) is 5.05. The molecule has 6 rings (SSSR count). The molecule has 1 saturated heterocycles. The van der Waals surface area contributed by atoms with Crippen LogP contribution in [0.3, 0.4) is 0 Å². The molecule has 1 N–H and O–H groups in total. The van der Waals surface area contributed by atoms with E-state index in [1.165, 1.54) is 46.4 Å². The van der Waals surface area contributed by atoms with Crippen LogP contribution in [0, 0.1) is 0 Å². The quantitative estimate of drug-likeness (QED) is 0.244. The molecule has 2 heterocycles. The van der Waals surface area contributed by atoms with E-state index in [-0.39, 0.29) is 29.7 Å². The number of carbonyl (C=O) groups excluding carboxylic acids is 1. The van der Waals surface area contributed by atoms with Crippen LogP contribution in [0.25, 0.3) is 17.1 Å². The van der Waals surface area contributed by atoms with Gasteiger partial charge in [0.2, 0.25) is 0 Å². The topological polar surface area (TPSA) is 81.4 Å². The van der Waals surface area contributed by atoms with Crippen LogP contribution in [0.1, 0.15) is 48.3 Å². The lowest BCUT2D eigenvalue weighted by atomic mass is 9.92. The van der Waals surface area contributed by atoms with E-state index in [9.17, 15) is 18.0 Å². The number of aliphatic imine (C=N–C) groups is 1. The third kappa shape index (κ3) is 6.35. The fraction of sp³-hybridized carbons (Fsp3) is 0.290. The number of hydrogen-bond acceptors (Lipinski definition) is 5. The van der Waals surface area contributed by atoms with Gasteiger partial charge in [-0.1, -0.05) is 55.5 Å². The van der Waals surface area contributed by atoms with Crippen molar-refractivity contribution in [1.82, 2.24) is 20.1 Å². The Morgan fingerprint density at radius 1 is 1.10 bits per heavy atom. The highest BCUT2D eigenvalue weighted by Crippen LogP contribution is 2.42. The molecule has 4 aromatic rings. The summed E-state index contributed by atoms with van der Waals surface area (Å²) in [4.78, 5) is 21.6. The number of halogens is 3. The van der Waals surface area contributed by atoms with Crippen LogP contribution in [0.2, 0.25) is 0 Å². The zero-order chi connectivity index (χ0) is 29.3. The molecule has 1 aliphatic heterocycles. The molecular weight excluding hydrogens is 563 g/mol. The Hall–Kier alpha value is -4.12. The highest BCUT2D eigenvalue weighted by atomic mass is 32.2. The van der Waals surface area contributed by atoms with Gasteiger partial charge in [0.25, 0.3) is 0 Å². The van der Waals surface area contributed by atoms with Crippen molar-refractivity contribution in [2.75, 3.05) is 5.75 Å². The maximum absolute atomic E-state index is 12.8. The summed E-state index contributed by atoms with van der Waals surface area (Å²) in [6.45, 7) is 2.15. The molecule has 3 unspecified atom stereocenters. The van der Waals surface area contributed by atoms with Gasteiger partial charge in [0, 0.05) is 29.2 Å². The number of carbonyl (C=O) groups is 1. The SMILES string of the molecule is CCc1ccccc1C1CCSC1=NC(=O)NC1CC1c1ccc(-c2ncn(-c3ccc(OC(F)(F)F)cc3)n2)cc1. The molecule has 1 saturated carbocycles. The lowest BCUT2D eigenvalue weighted by Gasteiger charge is -2.15. The van der Waals surface area contributed by atoms with E-state index in [1.807, 2.05) is 24.3 Å². The van der Waals surface area contributed by atoms with E-state index in [0.29, 0.717) is 11.5 Å². The molecule has 42 heavy (non-hydrogen) atoms. The van der Waals surface area contributed by atoms with E-state index in [0.717, 1.165) is 41.2 Å². The number of nitrogens with zero attached hydrogens (tertiary/aromatic N) is 4. The minimum atomic E-state index is -4.74. The minimum absolute atomic E-state index is 0.0436. The monoisotopic (exact) mass is 591 g/mol. The lowest BCUT2D eigenvalue weighted by Crippen LogP contribution is -2.24. The Balaban J connectivity index is 1.06. The van der Waals surface area contributed by atoms with Crippen LogP contribution in [0.4, 0.5) is 18.0 Å². The van der Waals surface area contributed by atoms with Gasteiger partial charge in [-0.05, 0) is 60.2 Å². The smallest absolute Gasteiger partial charge is 0.406 e. The van der Waals surface area contributed by atoms with Gasteiger partial charge in [-0.15, -0.1) is 30.0 Å². The number of alkyl halides is 3. The number of amides is 2. The number of aromatic nitrogens is 3. The largest absolute Gasteiger partial charge is 0.573 e. The zero-order valence-corrected chi connectivity index (χ0v) is 23.5. The molecule has 1 aliphatic carbocycles. The number of nitrogens with one attached hydrogen (secondary N) is 1. The predicted octanol–water partition coefficient (Wildman–Crippen LogP) is 7.28. The Morgan fingerprint density at radius 2 is 1.86 bits per heavy atom. The number of rotatable bonds is 7. The molecule has 0 spiro atoms. The Kier molecular flexibility index (Phi) is 7.76. The summed E-state index contributed by atoms with van der Waals surface area (Å²) in [5, 5.41) is 8.43. The number of thioether (sulfide) groups is 1. The molecule has 216 valence electrons. The fourth-order valence-corrected chi connectivity index (χ4v) is 6.47. The third-order valence-electron chi connectivity index (χ3n) is 7.50. The molecule has 7 nitrogen and oxygen atoms in total. The molecule has 3 aromatic carbocycles. The van der Waals surface area contributed by atoms with Crippen LogP contribution in [-0.2, 0) is 6.42 Å². The predicted molar refractivity (Wildman–Crippen MR) is 156 cm³/mol. The van der Waals surface area contributed by atoms with Crippen LogP contribution in [-0.4, -0.2) is 44.0 Å². The maximum atomic E-state index is 12.8. The number of ether oxygens (including phenoxy) is 1.